The second-order valence-electron chi connectivity index (χ2n) is 28.8. The molecule has 4 aliphatic heterocycles. The van der Waals surface area contributed by atoms with Crippen molar-refractivity contribution in [1.29, 1.82) is 0 Å². The molecule has 31 atom stereocenters. The molecule has 0 aromatic carbocycles. The van der Waals surface area contributed by atoms with E-state index in [0.717, 1.165) is 5.57 Å². The lowest BCUT2D eigenvalue weighted by atomic mass is 9.32. The highest BCUT2D eigenvalue weighted by atomic mass is 16.8. The van der Waals surface area contributed by atoms with Gasteiger partial charge in [-0.2, -0.15) is 0 Å². The maximum Gasteiger partial charge on any atom is 0.335 e. The number of aliphatic hydroxyl groups excluding tert-OH is 13. The third-order valence-electron chi connectivity index (χ3n) is 23.4. The average Bonchev–Trinajstić information content (AvgIpc) is 0.663. The third-order valence-corrected chi connectivity index (χ3v) is 23.4. The first kappa shape index (κ1) is 71.1. The summed E-state index contributed by atoms with van der Waals surface area (Å²) in [4.78, 5) is 40.8. The Kier molecular flexibility index (Phi) is 20.6. The highest BCUT2D eigenvalue weighted by molar-refractivity contribution is 5.89. The number of ether oxygens (including phenoxy) is 10. The molecule has 0 radical (unpaired) electrons. The van der Waals surface area contributed by atoms with Crippen LogP contribution in [-0.2, 0) is 61.8 Å². The molecule has 27 heteroatoms. The maximum absolute atomic E-state index is 13.9. The van der Waals surface area contributed by atoms with Crippen LogP contribution in [0.15, 0.2) is 34.9 Å². The van der Waals surface area contributed by atoms with Gasteiger partial charge in [0.1, 0.15) is 85.5 Å². The number of esters is 2. The molecule has 0 amide bonds. The number of carbonyl (C=O) groups excluding carboxylic acids is 2. The van der Waals surface area contributed by atoms with Crippen LogP contribution in [0.5, 0.6) is 0 Å². The first-order chi connectivity index (χ1) is 42.0. The number of carboxylic acids is 1. The van der Waals surface area contributed by atoms with Crippen molar-refractivity contribution in [3.8, 4) is 0 Å². The van der Waals surface area contributed by atoms with Crippen LogP contribution in [0.3, 0.4) is 0 Å². The van der Waals surface area contributed by atoms with Crippen molar-refractivity contribution in [1.82, 2.24) is 0 Å². The van der Waals surface area contributed by atoms with E-state index in [4.69, 9.17) is 47.4 Å². The lowest BCUT2D eigenvalue weighted by Gasteiger charge is -2.73. The van der Waals surface area contributed by atoms with Gasteiger partial charge in [0.15, 0.2) is 37.4 Å². The molecule has 0 aromatic rings. The molecule has 4 heterocycles. The number of carbonyl (C=O) groups is 3. The number of allylic oxidation sites excluding steroid dienone is 3. The van der Waals surface area contributed by atoms with E-state index in [1.54, 1.807) is 39.8 Å². The van der Waals surface area contributed by atoms with Crippen molar-refractivity contribution in [2.24, 2.45) is 50.2 Å². The summed E-state index contributed by atoms with van der Waals surface area (Å²) in [5.41, 5.74) is -4.73. The number of hydrogen-bond donors (Lipinski definition) is 14. The van der Waals surface area contributed by atoms with E-state index in [0.29, 0.717) is 31.3 Å². The Morgan fingerprint density at radius 1 is 0.622 bits per heavy atom. The molecule has 27 nitrogen and oxygen atoms in total. The van der Waals surface area contributed by atoms with Gasteiger partial charge < -0.3 is 119 Å². The predicted molar refractivity (Wildman–Crippen MR) is 308 cm³/mol. The Morgan fingerprint density at radius 3 is 1.79 bits per heavy atom. The molecule has 90 heavy (non-hydrogen) atoms. The molecule has 512 valence electrons. The van der Waals surface area contributed by atoms with Gasteiger partial charge in [0.2, 0.25) is 0 Å². The first-order valence-corrected chi connectivity index (χ1v) is 31.5. The largest absolute Gasteiger partial charge is 0.479 e. The van der Waals surface area contributed by atoms with Gasteiger partial charge >= 0.3 is 17.9 Å². The zero-order valence-corrected chi connectivity index (χ0v) is 53.3. The molecule has 4 saturated carbocycles. The van der Waals surface area contributed by atoms with Gasteiger partial charge in [0, 0.05) is 22.0 Å². The normalized spacial score (nSPS) is 50.2. The van der Waals surface area contributed by atoms with Crippen molar-refractivity contribution in [3.63, 3.8) is 0 Å². The van der Waals surface area contributed by atoms with Crippen molar-refractivity contribution in [2.45, 2.75) is 269 Å². The number of hydrogen-bond acceptors (Lipinski definition) is 26. The van der Waals surface area contributed by atoms with Gasteiger partial charge in [-0.15, -0.1) is 0 Å². The van der Waals surface area contributed by atoms with E-state index >= 15 is 0 Å². The molecule has 0 bridgehead atoms. The number of rotatable bonds is 15. The van der Waals surface area contributed by atoms with Crippen molar-refractivity contribution in [3.05, 3.63) is 34.9 Å². The van der Waals surface area contributed by atoms with E-state index in [9.17, 15) is 85.9 Å². The third kappa shape index (κ3) is 11.5. The molecule has 9 aliphatic rings. The number of carboxylic acid groups (broad SMARTS) is 1. The van der Waals surface area contributed by atoms with Gasteiger partial charge in [0.05, 0.1) is 49.7 Å². The average molecular weight is 1290 g/mol. The smallest absolute Gasteiger partial charge is 0.335 e. The summed E-state index contributed by atoms with van der Waals surface area (Å²) in [6, 6.07) is 0. The van der Waals surface area contributed by atoms with Crippen molar-refractivity contribution < 1.29 is 133 Å². The topological polar surface area (TPSA) is 427 Å². The molecule has 0 aromatic heterocycles. The summed E-state index contributed by atoms with van der Waals surface area (Å²) < 4.78 is 61.6. The predicted octanol–water partition coefficient (Wildman–Crippen LogP) is -0.885. The van der Waals surface area contributed by atoms with Gasteiger partial charge in [-0.3, -0.25) is 0 Å². The van der Waals surface area contributed by atoms with E-state index in [-0.39, 0.29) is 30.3 Å². The fraction of sp³-hybridized carbons (Fsp3) is 0.857. The molecule has 0 spiro atoms. The molecule has 4 saturated heterocycles. The summed E-state index contributed by atoms with van der Waals surface area (Å²) in [5, 5.41) is 158. The van der Waals surface area contributed by atoms with Gasteiger partial charge in [-0.1, -0.05) is 72.3 Å². The Bertz CT molecular complexity index is 2700. The van der Waals surface area contributed by atoms with Gasteiger partial charge in [-0.05, 0) is 107 Å². The highest BCUT2D eigenvalue weighted by Crippen LogP contribution is 2.76. The fourth-order valence-corrected chi connectivity index (χ4v) is 17.6. The second kappa shape index (κ2) is 26.1. The van der Waals surface area contributed by atoms with E-state index in [2.05, 4.69) is 19.9 Å². The summed E-state index contributed by atoms with van der Waals surface area (Å²) in [6.07, 6.45) is -34.4. The van der Waals surface area contributed by atoms with Crippen LogP contribution >= 0.6 is 0 Å². The Morgan fingerprint density at radius 2 is 1.20 bits per heavy atom. The Hall–Kier alpha value is -3.21. The van der Waals surface area contributed by atoms with E-state index < -0.39 is 223 Å². The molecular formula is C63H98O27. The number of fused-ring (bicyclic) bond motifs is 7. The minimum Gasteiger partial charge on any atom is -0.479 e. The van der Waals surface area contributed by atoms with E-state index in [1.807, 2.05) is 34.6 Å². The van der Waals surface area contributed by atoms with Crippen LogP contribution in [0.25, 0.3) is 0 Å². The second-order valence-corrected chi connectivity index (χ2v) is 28.8. The minimum atomic E-state index is -2.24. The van der Waals surface area contributed by atoms with Crippen LogP contribution in [0.4, 0.5) is 0 Å². The summed E-state index contributed by atoms with van der Waals surface area (Å²) in [6.45, 7) is 19.7. The molecule has 5 aliphatic carbocycles. The molecule has 9 rings (SSSR count). The molecule has 0 unspecified atom stereocenters. The number of aliphatic hydroxyl groups is 13. The summed E-state index contributed by atoms with van der Waals surface area (Å²) >= 11 is 0. The minimum absolute atomic E-state index is 0.199. The maximum atomic E-state index is 13.9. The molecule has 8 fully saturated rings. The first-order valence-electron chi connectivity index (χ1n) is 31.5. The highest BCUT2D eigenvalue weighted by Gasteiger charge is 2.76. The zero-order chi connectivity index (χ0) is 66.6. The van der Waals surface area contributed by atoms with Crippen LogP contribution in [0, 0.1) is 50.2 Å². The number of aliphatic carboxylic acids is 1. The van der Waals surface area contributed by atoms with Crippen molar-refractivity contribution in [2.75, 3.05) is 19.8 Å². The van der Waals surface area contributed by atoms with Crippen LogP contribution in [0.2, 0.25) is 0 Å². The molecule has 14 N–H and O–H groups in total. The lowest BCUT2D eigenvalue weighted by Crippen LogP contribution is -2.76. The lowest BCUT2D eigenvalue weighted by molar-refractivity contribution is -0.401. The summed E-state index contributed by atoms with van der Waals surface area (Å²) in [5.74, 6) is -4.24. The Labute approximate surface area is 523 Å². The van der Waals surface area contributed by atoms with Crippen LogP contribution in [-0.4, -0.2) is 256 Å². The fourth-order valence-electron chi connectivity index (χ4n) is 17.6. The van der Waals surface area contributed by atoms with Crippen LogP contribution in [0.1, 0.15) is 122 Å². The summed E-state index contributed by atoms with van der Waals surface area (Å²) in [7, 11) is 0. The standard InChI is InChI=1S/C63H98O27/c1-13-25(3)52(79)89-49-50(90-53(80)26(4)14-2)63(24-65)29(21-58(49,6)7)28-15-16-33-60(10)19-18-34(59(8,9)32(60)17-20-61(33,11)62(28,12)47(75)48(63)76)84-57-46(88-55-41(73)39(71)37(69)31(22-64)83-55)43(42(74)44(86-57)51(77)78)85-56-45(36(68)30(66)23-81-56)87-54-40(72)38(70)35(67)27(5)82-54/h13-15,27,29-50,54-57,64-76H,16-24H2,1-12H3,(H,77,78)/b25-13-,26-14+/t27-,29-,30-,31+,32-,33+,34-,35-,36-,37-,38+,39-,40+,41+,42-,43-,44-,45+,46+,47-,48+,49-,50-,54+,55+,56-,57+,60-,61+,62-,63-/m0/s1. The zero-order valence-electron chi connectivity index (χ0n) is 53.3. The quantitative estimate of drug-likeness (QED) is 0.0409. The van der Waals surface area contributed by atoms with Gasteiger partial charge in [-0.25, -0.2) is 14.4 Å². The van der Waals surface area contributed by atoms with E-state index in [1.165, 1.54) is 6.92 Å². The Balaban J connectivity index is 1.05. The van der Waals surface area contributed by atoms with Gasteiger partial charge in [0.25, 0.3) is 0 Å². The van der Waals surface area contributed by atoms with Crippen molar-refractivity contribution >= 4 is 17.9 Å². The monoisotopic (exact) mass is 1290 g/mol. The van der Waals surface area contributed by atoms with Crippen LogP contribution < -0.4 is 0 Å². The SMILES string of the molecule is C/C=C(/C)C(=O)O[C@H]1[C@H](OC(=O)/C(C)=C/C)[C@]2(CO)[C@H](O)[C@H](O)[C@]3(C)C(=CC[C@@H]4[C@@]5(C)CC[C@H](O[C@@H]6O[C@H](C(=O)O)[C@@H](O)[C@H](O[C@@H]7OC[C@H](O)[C@H](O)[C@H]7O[C@H]7O[C@@H](C)[C@H](O)[C@@H](O)[C@H]7O)[C@H]6O[C@H]6O[C@H](CO)[C@H](O)[C@H](O)[C@H]6O)C(C)(C)[C@@H]5CC[C@]43C)[C@@H]2CC1(C)C. The molecular weight excluding hydrogens is 1190 g/mol.